The SMILES string of the molecule is Cl.Cl.N#Cc1ccc(O)c([C@H](C2CC2)N2CCNCC2)c1. The maximum Gasteiger partial charge on any atom is 0.120 e. The Labute approximate surface area is 138 Å². The van der Waals surface area contributed by atoms with Crippen LogP contribution in [0, 0.1) is 17.2 Å². The molecule has 1 aromatic carbocycles. The van der Waals surface area contributed by atoms with Crippen molar-refractivity contribution >= 4 is 24.8 Å². The minimum Gasteiger partial charge on any atom is -0.508 e. The Bertz CT molecular complexity index is 508. The van der Waals surface area contributed by atoms with Crippen LogP contribution >= 0.6 is 24.8 Å². The lowest BCUT2D eigenvalue weighted by Gasteiger charge is -2.35. The molecule has 1 aliphatic heterocycles. The minimum atomic E-state index is 0. The number of phenolic OH excluding ortho intramolecular Hbond substituents is 1. The smallest absolute Gasteiger partial charge is 0.120 e. The van der Waals surface area contributed by atoms with E-state index in [1.54, 1.807) is 12.1 Å². The van der Waals surface area contributed by atoms with Crippen LogP contribution in [0.3, 0.4) is 0 Å². The van der Waals surface area contributed by atoms with E-state index in [-0.39, 0.29) is 30.9 Å². The zero-order chi connectivity index (χ0) is 13.2. The topological polar surface area (TPSA) is 59.3 Å². The van der Waals surface area contributed by atoms with Crippen molar-refractivity contribution < 1.29 is 5.11 Å². The van der Waals surface area contributed by atoms with Crippen molar-refractivity contribution in [1.29, 1.82) is 5.26 Å². The van der Waals surface area contributed by atoms with Crippen molar-refractivity contribution in [2.24, 2.45) is 5.92 Å². The van der Waals surface area contributed by atoms with Gasteiger partial charge in [0.05, 0.1) is 11.6 Å². The van der Waals surface area contributed by atoms with Gasteiger partial charge in [0.25, 0.3) is 0 Å². The summed E-state index contributed by atoms with van der Waals surface area (Å²) in [4.78, 5) is 2.45. The lowest BCUT2D eigenvalue weighted by Crippen LogP contribution is -2.45. The fraction of sp³-hybridized carbons (Fsp3) is 0.533. The molecule has 6 heteroatoms. The van der Waals surface area contributed by atoms with E-state index >= 15 is 0 Å². The van der Waals surface area contributed by atoms with Gasteiger partial charge >= 0.3 is 0 Å². The molecule has 0 unspecified atom stereocenters. The van der Waals surface area contributed by atoms with Crippen LogP contribution in [0.1, 0.15) is 30.0 Å². The molecule has 1 heterocycles. The molecule has 116 valence electrons. The highest BCUT2D eigenvalue weighted by Crippen LogP contribution is 2.47. The van der Waals surface area contributed by atoms with Gasteiger partial charge < -0.3 is 10.4 Å². The molecular weight excluding hydrogens is 309 g/mol. The van der Waals surface area contributed by atoms with E-state index in [4.69, 9.17) is 5.26 Å². The number of halogens is 2. The Kier molecular flexibility index (Phi) is 6.76. The third kappa shape index (κ3) is 4.02. The number of aromatic hydroxyl groups is 1. The summed E-state index contributed by atoms with van der Waals surface area (Å²) in [6, 6.07) is 7.64. The fourth-order valence-electron chi connectivity index (χ4n) is 2.98. The average molecular weight is 330 g/mol. The van der Waals surface area contributed by atoms with Crippen molar-refractivity contribution in [3.05, 3.63) is 29.3 Å². The van der Waals surface area contributed by atoms with Crippen molar-refractivity contribution in [3.63, 3.8) is 0 Å². The van der Waals surface area contributed by atoms with E-state index in [0.717, 1.165) is 31.7 Å². The van der Waals surface area contributed by atoms with Crippen molar-refractivity contribution in [3.8, 4) is 11.8 Å². The number of hydrogen-bond donors (Lipinski definition) is 2. The second-order valence-corrected chi connectivity index (χ2v) is 5.45. The number of nitriles is 1. The first-order valence-corrected chi connectivity index (χ1v) is 6.97. The van der Waals surface area contributed by atoms with E-state index in [2.05, 4.69) is 16.3 Å². The van der Waals surface area contributed by atoms with Crippen LogP contribution in [0.15, 0.2) is 18.2 Å². The summed E-state index contributed by atoms with van der Waals surface area (Å²) >= 11 is 0. The lowest BCUT2D eigenvalue weighted by atomic mass is 9.97. The number of phenols is 1. The summed E-state index contributed by atoms with van der Waals surface area (Å²) in [5.41, 5.74) is 1.57. The molecule has 0 bridgehead atoms. The standard InChI is InChI=1S/C15H19N3O.2ClH/c16-10-11-1-4-14(19)13(9-11)15(12-2-3-12)18-7-5-17-6-8-18;;/h1,4,9,12,15,17,19H,2-3,5-8H2;2*1H/t15-;;/m0../s1. The molecular formula is C15H21Cl2N3O. The second kappa shape index (κ2) is 7.86. The molecule has 1 saturated heterocycles. The Morgan fingerprint density at radius 3 is 2.48 bits per heavy atom. The summed E-state index contributed by atoms with van der Waals surface area (Å²) in [5, 5.41) is 22.6. The molecule has 0 amide bonds. The minimum absolute atomic E-state index is 0. The summed E-state index contributed by atoms with van der Waals surface area (Å²) in [6.07, 6.45) is 2.45. The van der Waals surface area contributed by atoms with Gasteiger partial charge in [0.15, 0.2) is 0 Å². The molecule has 0 aromatic heterocycles. The van der Waals surface area contributed by atoms with Gasteiger partial charge in [-0.3, -0.25) is 4.90 Å². The summed E-state index contributed by atoms with van der Waals surface area (Å²) in [7, 11) is 0. The predicted molar refractivity (Wildman–Crippen MR) is 87.2 cm³/mol. The summed E-state index contributed by atoms with van der Waals surface area (Å²) in [6.45, 7) is 4.03. The molecule has 1 aliphatic carbocycles. The van der Waals surface area contributed by atoms with Crippen LogP contribution in [-0.4, -0.2) is 36.2 Å². The molecule has 21 heavy (non-hydrogen) atoms. The molecule has 3 rings (SSSR count). The molecule has 4 nitrogen and oxygen atoms in total. The van der Waals surface area contributed by atoms with Crippen molar-refractivity contribution in [2.75, 3.05) is 26.2 Å². The Balaban J connectivity index is 0.00000110. The molecule has 2 aliphatic rings. The van der Waals surface area contributed by atoms with Gasteiger partial charge in [0.1, 0.15) is 5.75 Å². The summed E-state index contributed by atoms with van der Waals surface area (Å²) in [5.74, 6) is 0.965. The Morgan fingerprint density at radius 2 is 1.90 bits per heavy atom. The highest BCUT2D eigenvalue weighted by atomic mass is 35.5. The van der Waals surface area contributed by atoms with Crippen LogP contribution in [0.5, 0.6) is 5.75 Å². The van der Waals surface area contributed by atoms with Gasteiger partial charge in [0.2, 0.25) is 0 Å². The van der Waals surface area contributed by atoms with E-state index in [9.17, 15) is 5.11 Å². The van der Waals surface area contributed by atoms with Gasteiger partial charge in [-0.1, -0.05) is 0 Å². The molecule has 1 atom stereocenters. The van der Waals surface area contributed by atoms with Gasteiger partial charge in [-0.15, -0.1) is 24.8 Å². The largest absolute Gasteiger partial charge is 0.508 e. The third-order valence-corrected chi connectivity index (χ3v) is 4.09. The van der Waals surface area contributed by atoms with E-state index < -0.39 is 0 Å². The number of piperazine rings is 1. The maximum absolute atomic E-state index is 10.2. The van der Waals surface area contributed by atoms with Gasteiger partial charge in [0, 0.05) is 37.8 Å². The van der Waals surface area contributed by atoms with E-state index in [1.807, 2.05) is 6.07 Å². The second-order valence-electron chi connectivity index (χ2n) is 5.45. The normalized spacial score (nSPS) is 19.8. The highest BCUT2D eigenvalue weighted by molar-refractivity contribution is 5.85. The molecule has 0 radical (unpaired) electrons. The lowest BCUT2D eigenvalue weighted by molar-refractivity contribution is 0.153. The molecule has 1 aromatic rings. The Hall–Kier alpha value is -0.990. The number of benzene rings is 1. The highest BCUT2D eigenvalue weighted by Gasteiger charge is 2.38. The monoisotopic (exact) mass is 329 g/mol. The Morgan fingerprint density at radius 1 is 1.24 bits per heavy atom. The van der Waals surface area contributed by atoms with Crippen LogP contribution < -0.4 is 5.32 Å². The van der Waals surface area contributed by atoms with Gasteiger partial charge in [-0.05, 0) is 37.0 Å². The fourth-order valence-corrected chi connectivity index (χ4v) is 2.98. The molecule has 1 saturated carbocycles. The first-order valence-electron chi connectivity index (χ1n) is 6.97. The average Bonchev–Trinajstić information content (AvgIpc) is 3.27. The van der Waals surface area contributed by atoms with Crippen LogP contribution in [0.4, 0.5) is 0 Å². The van der Waals surface area contributed by atoms with Crippen LogP contribution in [-0.2, 0) is 0 Å². The van der Waals surface area contributed by atoms with Crippen molar-refractivity contribution in [1.82, 2.24) is 10.2 Å². The van der Waals surface area contributed by atoms with Crippen molar-refractivity contribution in [2.45, 2.75) is 18.9 Å². The number of nitrogens with one attached hydrogen (secondary N) is 1. The zero-order valence-corrected chi connectivity index (χ0v) is 13.4. The zero-order valence-electron chi connectivity index (χ0n) is 11.8. The van der Waals surface area contributed by atoms with Crippen LogP contribution in [0.2, 0.25) is 0 Å². The van der Waals surface area contributed by atoms with Crippen LogP contribution in [0.25, 0.3) is 0 Å². The van der Waals surface area contributed by atoms with E-state index in [0.29, 0.717) is 17.2 Å². The first kappa shape index (κ1) is 18.1. The predicted octanol–water partition coefficient (Wildman–Crippen LogP) is 2.46. The number of rotatable bonds is 3. The maximum atomic E-state index is 10.2. The number of nitrogens with zero attached hydrogens (tertiary/aromatic N) is 2. The van der Waals surface area contributed by atoms with Gasteiger partial charge in [-0.2, -0.15) is 5.26 Å². The molecule has 2 fully saturated rings. The summed E-state index contributed by atoms with van der Waals surface area (Å²) < 4.78 is 0. The third-order valence-electron chi connectivity index (χ3n) is 4.09. The van der Waals surface area contributed by atoms with Gasteiger partial charge in [-0.25, -0.2) is 0 Å². The molecule has 2 N–H and O–H groups in total. The first-order chi connectivity index (χ1) is 9.29. The quantitative estimate of drug-likeness (QED) is 0.894. The molecule has 0 spiro atoms. The van der Waals surface area contributed by atoms with E-state index in [1.165, 1.54) is 12.8 Å². The number of hydrogen-bond acceptors (Lipinski definition) is 4.